The Balaban J connectivity index is 0.000000134. The van der Waals surface area contributed by atoms with Crippen LogP contribution in [0.2, 0.25) is 5.15 Å². The van der Waals surface area contributed by atoms with Crippen molar-refractivity contribution in [3.63, 3.8) is 0 Å². The zero-order valence-corrected chi connectivity index (χ0v) is 9.36. The zero-order valence-electron chi connectivity index (χ0n) is 8.61. The summed E-state index contributed by atoms with van der Waals surface area (Å²) in [7, 11) is 0. The van der Waals surface area contributed by atoms with Gasteiger partial charge in [0, 0.05) is 29.2 Å². The Morgan fingerprint density at radius 1 is 1.19 bits per heavy atom. The Labute approximate surface area is 98.5 Å². The molecule has 2 heterocycles. The van der Waals surface area contributed by atoms with Gasteiger partial charge in [-0.3, -0.25) is 4.98 Å². The van der Waals surface area contributed by atoms with Crippen molar-refractivity contribution in [1.29, 1.82) is 0 Å². The van der Waals surface area contributed by atoms with E-state index in [1.807, 2.05) is 19.3 Å². The van der Waals surface area contributed by atoms with Crippen molar-refractivity contribution in [1.82, 2.24) is 15.0 Å². The maximum absolute atomic E-state index is 5.58. The fourth-order valence-electron chi connectivity index (χ4n) is 1.15. The molecule has 0 aromatic carbocycles. The van der Waals surface area contributed by atoms with E-state index in [4.69, 9.17) is 18.0 Å². The van der Waals surface area contributed by atoms with Crippen molar-refractivity contribution >= 4 is 11.6 Å². The highest BCUT2D eigenvalue weighted by Gasteiger charge is 2.08. The lowest BCUT2D eigenvalue weighted by atomic mass is 10.4. The van der Waals surface area contributed by atoms with Gasteiger partial charge in [-0.2, -0.15) is 0 Å². The largest absolute Gasteiger partial charge is 0.263 e. The van der Waals surface area contributed by atoms with Gasteiger partial charge in [0.15, 0.2) is 0 Å². The molecule has 0 saturated heterocycles. The predicted octanol–water partition coefficient (Wildman–Crippen LogP) is 2.48. The van der Waals surface area contributed by atoms with Crippen molar-refractivity contribution in [2.45, 2.75) is 6.92 Å². The van der Waals surface area contributed by atoms with Crippen LogP contribution in [0, 0.1) is 19.3 Å². The summed E-state index contributed by atoms with van der Waals surface area (Å²) in [6.45, 7) is 1.81. The van der Waals surface area contributed by atoms with Crippen LogP contribution in [0.1, 0.15) is 11.5 Å². The number of halogens is 1. The van der Waals surface area contributed by atoms with Gasteiger partial charge in [-0.25, -0.2) is 9.97 Å². The van der Waals surface area contributed by atoms with Crippen LogP contribution in [0.5, 0.6) is 0 Å². The minimum atomic E-state index is 0.338. The molecule has 0 spiro atoms. The third kappa shape index (κ3) is 2.56. The molecule has 16 heavy (non-hydrogen) atoms. The normalized spacial score (nSPS) is 9.81. The highest BCUT2D eigenvalue weighted by Crippen LogP contribution is 2.30. The van der Waals surface area contributed by atoms with E-state index in [-0.39, 0.29) is 0 Å². The number of aromatic nitrogens is 3. The molecule has 0 fully saturated rings. The number of hydrogen-bond donors (Lipinski definition) is 0. The molecule has 0 radical (unpaired) electrons. The van der Waals surface area contributed by atoms with E-state index in [1.54, 1.807) is 6.07 Å². The van der Waals surface area contributed by atoms with E-state index in [9.17, 15) is 0 Å². The lowest BCUT2D eigenvalue weighted by Gasteiger charge is -1.92. The number of hydrogen-bond acceptors (Lipinski definition) is 3. The van der Waals surface area contributed by atoms with Crippen molar-refractivity contribution in [3.05, 3.63) is 41.2 Å². The van der Waals surface area contributed by atoms with Crippen molar-refractivity contribution in [3.8, 4) is 23.5 Å². The molecule has 0 unspecified atom stereocenters. The summed E-state index contributed by atoms with van der Waals surface area (Å²) in [5.41, 5.74) is 3.41. The van der Waals surface area contributed by atoms with E-state index in [0.29, 0.717) is 11.0 Å². The summed E-state index contributed by atoms with van der Waals surface area (Å²) in [5, 5.41) is 0.389. The van der Waals surface area contributed by atoms with Gasteiger partial charge >= 0.3 is 0 Å². The van der Waals surface area contributed by atoms with Crippen LogP contribution >= 0.6 is 11.6 Å². The summed E-state index contributed by atoms with van der Waals surface area (Å²) in [6.07, 6.45) is 8.79. The summed E-state index contributed by atoms with van der Waals surface area (Å²) in [5.74, 6) is 2.64. The van der Waals surface area contributed by atoms with Crippen LogP contribution in [0.15, 0.2) is 24.5 Å². The Hall–Kier alpha value is -1.92. The topological polar surface area (TPSA) is 38.7 Å². The minimum Gasteiger partial charge on any atom is -0.263 e. The van der Waals surface area contributed by atoms with Gasteiger partial charge in [0.1, 0.15) is 5.15 Å². The third-order valence-corrected chi connectivity index (χ3v) is 2.13. The maximum Gasteiger partial charge on any atom is 0.206 e. The van der Waals surface area contributed by atoms with E-state index >= 15 is 0 Å². The quantitative estimate of drug-likeness (QED) is 0.439. The summed E-state index contributed by atoms with van der Waals surface area (Å²) < 4.78 is 0. The molecule has 78 valence electrons. The number of nitrogens with zero attached hydrogens (tertiary/aromatic N) is 3. The molecule has 1 aromatic rings. The standard InChI is InChI=1S/C7H5ClN2.C5H3N/c1-3-7-9-5(2)4-6(8)10-7;1-4-2-6-3-5(1)4/h1,4H,2H3;1-3H. The minimum absolute atomic E-state index is 0.338. The fourth-order valence-corrected chi connectivity index (χ4v) is 1.39. The fraction of sp³-hybridized carbons (Fsp3) is 0.0833. The average molecular weight is 230 g/mol. The monoisotopic (exact) mass is 229 g/mol. The smallest absolute Gasteiger partial charge is 0.206 e. The zero-order chi connectivity index (χ0) is 11.5. The van der Waals surface area contributed by atoms with Gasteiger partial charge < -0.3 is 0 Å². The Bertz CT molecular complexity index is 535. The SMILES string of the molecule is C#Cc1nc(C)cc(Cl)n1.c1ncc2cc1-2. The summed E-state index contributed by atoms with van der Waals surface area (Å²) in [4.78, 5) is 11.6. The number of aryl methyl sites for hydroxylation is 1. The molecule has 0 N–H and O–H groups in total. The molecule has 1 aromatic heterocycles. The van der Waals surface area contributed by atoms with Gasteiger partial charge in [-0.05, 0) is 25.0 Å². The average Bonchev–Trinajstić information content (AvgIpc) is 2.85. The first-order chi connectivity index (χ1) is 7.69. The number of fused-ring (bicyclic) bond motifs is 1. The highest BCUT2D eigenvalue weighted by molar-refractivity contribution is 6.29. The molecular formula is C12H8ClN3. The number of rotatable bonds is 0. The molecule has 2 aliphatic rings. The van der Waals surface area contributed by atoms with Gasteiger partial charge in [-0.15, -0.1) is 6.42 Å². The van der Waals surface area contributed by atoms with Crippen LogP contribution < -0.4 is 0 Å². The molecule has 1 aliphatic carbocycles. The predicted molar refractivity (Wildman–Crippen MR) is 62.9 cm³/mol. The van der Waals surface area contributed by atoms with Gasteiger partial charge in [0.25, 0.3) is 0 Å². The van der Waals surface area contributed by atoms with Crippen LogP contribution in [-0.4, -0.2) is 15.0 Å². The third-order valence-electron chi connectivity index (χ3n) is 1.94. The molecule has 4 heteroatoms. The van der Waals surface area contributed by atoms with Gasteiger partial charge in [0.05, 0.1) is 0 Å². The Morgan fingerprint density at radius 2 is 1.88 bits per heavy atom. The maximum atomic E-state index is 5.58. The first-order valence-corrected chi connectivity index (χ1v) is 5.00. The highest BCUT2D eigenvalue weighted by atomic mass is 35.5. The lowest BCUT2D eigenvalue weighted by Crippen LogP contribution is -1.90. The molecule has 3 rings (SSSR count). The van der Waals surface area contributed by atoms with Crippen molar-refractivity contribution in [2.24, 2.45) is 0 Å². The summed E-state index contributed by atoms with van der Waals surface area (Å²) in [6, 6.07) is 3.76. The second-order valence-electron chi connectivity index (χ2n) is 3.26. The molecule has 0 atom stereocenters. The number of terminal acetylenes is 1. The Morgan fingerprint density at radius 3 is 2.25 bits per heavy atom. The van der Waals surface area contributed by atoms with E-state index < -0.39 is 0 Å². The van der Waals surface area contributed by atoms with E-state index in [0.717, 1.165) is 5.69 Å². The van der Waals surface area contributed by atoms with Crippen LogP contribution in [0.4, 0.5) is 0 Å². The second kappa shape index (κ2) is 4.30. The first kappa shape index (κ1) is 10.6. The second-order valence-corrected chi connectivity index (χ2v) is 3.65. The number of pyridine rings is 1. The lowest BCUT2D eigenvalue weighted by molar-refractivity contribution is 1.07. The van der Waals surface area contributed by atoms with Crippen molar-refractivity contribution in [2.75, 3.05) is 0 Å². The first-order valence-electron chi connectivity index (χ1n) is 4.62. The van der Waals surface area contributed by atoms with Crippen LogP contribution in [0.25, 0.3) is 11.1 Å². The van der Waals surface area contributed by atoms with E-state index in [1.165, 1.54) is 11.1 Å². The van der Waals surface area contributed by atoms with Gasteiger partial charge in [-0.1, -0.05) is 11.6 Å². The van der Waals surface area contributed by atoms with E-state index in [2.05, 4.69) is 26.9 Å². The molecule has 0 bridgehead atoms. The summed E-state index contributed by atoms with van der Waals surface area (Å²) >= 11 is 5.58. The van der Waals surface area contributed by atoms with Gasteiger partial charge in [0.2, 0.25) is 5.82 Å². The molecule has 0 amide bonds. The molecular weight excluding hydrogens is 222 g/mol. The van der Waals surface area contributed by atoms with Crippen molar-refractivity contribution < 1.29 is 0 Å². The molecule has 0 saturated carbocycles. The molecule has 3 nitrogen and oxygen atoms in total. The van der Waals surface area contributed by atoms with Crippen LogP contribution in [0.3, 0.4) is 0 Å². The molecule has 1 aliphatic heterocycles. The Kier molecular flexibility index (Phi) is 2.84. The van der Waals surface area contributed by atoms with Crippen LogP contribution in [-0.2, 0) is 0 Å².